The van der Waals surface area contributed by atoms with E-state index in [-0.39, 0.29) is 11.3 Å². The van der Waals surface area contributed by atoms with Crippen LogP contribution in [-0.2, 0) is 18.3 Å². The number of pyridine rings is 1. The fourth-order valence-electron chi connectivity index (χ4n) is 3.51. The van der Waals surface area contributed by atoms with Gasteiger partial charge in [-0.2, -0.15) is 0 Å². The van der Waals surface area contributed by atoms with Gasteiger partial charge in [0.1, 0.15) is 5.75 Å². The van der Waals surface area contributed by atoms with Crippen LogP contribution in [0.2, 0.25) is 0 Å². The number of rotatable bonds is 6. The van der Waals surface area contributed by atoms with E-state index in [1.54, 1.807) is 56.6 Å². The van der Waals surface area contributed by atoms with Crippen LogP contribution >= 0.6 is 0 Å². The van der Waals surface area contributed by atoms with Crippen LogP contribution in [0.15, 0.2) is 53.5 Å². The van der Waals surface area contributed by atoms with Crippen LogP contribution < -0.4 is 15.2 Å². The van der Waals surface area contributed by atoms with Gasteiger partial charge in [-0.15, -0.1) is 6.42 Å². The van der Waals surface area contributed by atoms with Crippen LogP contribution in [-0.4, -0.2) is 17.0 Å². The second-order valence-electron chi connectivity index (χ2n) is 7.43. The van der Waals surface area contributed by atoms with Crippen molar-refractivity contribution in [2.24, 2.45) is 7.05 Å². The summed E-state index contributed by atoms with van der Waals surface area (Å²) in [5, 5.41) is 0. The van der Waals surface area contributed by atoms with Gasteiger partial charge in [0.2, 0.25) is 0 Å². The Bertz CT molecular complexity index is 1270. The number of nitrogens with zero attached hydrogens (tertiary/aromatic N) is 2. The van der Waals surface area contributed by atoms with Crippen molar-refractivity contribution >= 4 is 11.6 Å². The lowest BCUT2D eigenvalue weighted by Crippen LogP contribution is -2.29. The zero-order valence-corrected chi connectivity index (χ0v) is 18.6. The van der Waals surface area contributed by atoms with Gasteiger partial charge in [0, 0.05) is 42.2 Å². The molecule has 2 aromatic carbocycles. The first-order valence-corrected chi connectivity index (χ1v) is 10.3. The maximum atomic E-state index is 14.5. The van der Waals surface area contributed by atoms with E-state index in [0.717, 1.165) is 5.56 Å². The average molecular weight is 432 g/mol. The Morgan fingerprint density at radius 3 is 2.50 bits per heavy atom. The molecule has 1 amide bonds. The first-order valence-electron chi connectivity index (χ1n) is 10.3. The lowest BCUT2D eigenvalue weighted by atomic mass is 10.0. The number of benzene rings is 2. The van der Waals surface area contributed by atoms with Gasteiger partial charge in [0.05, 0.1) is 0 Å². The van der Waals surface area contributed by atoms with Crippen LogP contribution in [0.5, 0.6) is 11.5 Å². The smallest absolute Gasteiger partial charge is 0.302 e. The number of terminal acetylenes is 1. The van der Waals surface area contributed by atoms with Crippen LogP contribution in [0.25, 0.3) is 11.1 Å². The molecule has 3 aromatic rings. The van der Waals surface area contributed by atoms with Crippen molar-refractivity contribution in [2.75, 3.05) is 11.4 Å². The van der Waals surface area contributed by atoms with E-state index in [4.69, 9.17) is 11.2 Å². The van der Waals surface area contributed by atoms with Gasteiger partial charge < -0.3 is 14.2 Å². The molecule has 0 fully saturated rings. The van der Waals surface area contributed by atoms with Crippen LogP contribution in [0.3, 0.4) is 0 Å². The van der Waals surface area contributed by atoms with E-state index in [0.29, 0.717) is 41.1 Å². The lowest BCUT2D eigenvalue weighted by molar-refractivity contribution is -0.113. The Kier molecular flexibility index (Phi) is 6.79. The molecule has 0 unspecified atom stereocenters. The third kappa shape index (κ3) is 4.57. The molecule has 0 saturated heterocycles. The average Bonchev–Trinajstić information content (AvgIpc) is 2.78. The minimum absolute atomic E-state index is 0.0807. The van der Waals surface area contributed by atoms with Crippen LogP contribution in [0.4, 0.5) is 10.1 Å². The number of aromatic nitrogens is 1. The maximum absolute atomic E-state index is 14.5. The standard InChI is InChI=1S/C26H25FN2O3/c1-6-18-14-19(16-28(5)26(18)31)21-15-20(29(8-3)25(30)7-2)10-12-23(21)32-24-11-9-17(4)13-22(24)27/h2,9-16H,6,8H2,1,3-5H3. The number of aryl methyl sites for hydroxylation is 3. The molecule has 0 N–H and O–H groups in total. The molecule has 0 bridgehead atoms. The summed E-state index contributed by atoms with van der Waals surface area (Å²) in [6.07, 6.45) is 7.57. The van der Waals surface area contributed by atoms with Gasteiger partial charge in [-0.25, -0.2) is 4.39 Å². The fourth-order valence-corrected chi connectivity index (χ4v) is 3.51. The molecule has 5 nitrogen and oxygen atoms in total. The van der Waals surface area contributed by atoms with Gasteiger partial charge >= 0.3 is 5.91 Å². The highest BCUT2D eigenvalue weighted by Crippen LogP contribution is 2.37. The normalized spacial score (nSPS) is 10.5. The van der Waals surface area contributed by atoms with E-state index >= 15 is 0 Å². The molecule has 0 radical (unpaired) electrons. The molecule has 3 rings (SSSR count). The molecule has 0 aliphatic rings. The molecule has 0 atom stereocenters. The van der Waals surface area contributed by atoms with Crippen molar-refractivity contribution < 1.29 is 13.9 Å². The highest BCUT2D eigenvalue weighted by Gasteiger charge is 2.18. The van der Waals surface area contributed by atoms with E-state index < -0.39 is 11.7 Å². The van der Waals surface area contributed by atoms with E-state index in [2.05, 4.69) is 5.92 Å². The zero-order valence-electron chi connectivity index (χ0n) is 18.6. The number of hydrogen-bond donors (Lipinski definition) is 0. The Labute approximate surface area is 187 Å². The summed E-state index contributed by atoms with van der Waals surface area (Å²) in [4.78, 5) is 26.1. The molecule has 6 heteroatoms. The Hall–Kier alpha value is -3.85. The predicted molar refractivity (Wildman–Crippen MR) is 125 cm³/mol. The van der Waals surface area contributed by atoms with Crippen LogP contribution in [0, 0.1) is 25.1 Å². The zero-order chi connectivity index (χ0) is 23.4. The Balaban J connectivity index is 2.21. The number of anilines is 1. The molecule has 32 heavy (non-hydrogen) atoms. The summed E-state index contributed by atoms with van der Waals surface area (Å²) in [7, 11) is 1.68. The first-order chi connectivity index (χ1) is 15.3. The summed E-state index contributed by atoms with van der Waals surface area (Å²) in [6, 6.07) is 11.7. The Morgan fingerprint density at radius 1 is 1.16 bits per heavy atom. The third-order valence-electron chi connectivity index (χ3n) is 5.22. The summed E-state index contributed by atoms with van der Waals surface area (Å²) in [5.74, 6) is 1.66. The summed E-state index contributed by atoms with van der Waals surface area (Å²) < 4.78 is 21.9. The minimum Gasteiger partial charge on any atom is -0.454 e. The van der Waals surface area contributed by atoms with E-state index in [1.165, 1.54) is 15.5 Å². The quantitative estimate of drug-likeness (QED) is 0.524. The highest BCUT2D eigenvalue weighted by molar-refractivity contribution is 6.05. The molecule has 1 aromatic heterocycles. The maximum Gasteiger partial charge on any atom is 0.302 e. The summed E-state index contributed by atoms with van der Waals surface area (Å²) >= 11 is 0. The summed E-state index contributed by atoms with van der Waals surface area (Å²) in [6.45, 7) is 5.90. The van der Waals surface area contributed by atoms with Crippen molar-refractivity contribution in [3.8, 4) is 35.0 Å². The van der Waals surface area contributed by atoms with Gasteiger partial charge in [-0.1, -0.05) is 13.0 Å². The van der Waals surface area contributed by atoms with Crippen molar-refractivity contribution in [1.29, 1.82) is 0 Å². The molecule has 1 heterocycles. The van der Waals surface area contributed by atoms with Crippen molar-refractivity contribution in [3.05, 3.63) is 76.0 Å². The highest BCUT2D eigenvalue weighted by atomic mass is 19.1. The minimum atomic E-state index is -0.479. The number of hydrogen-bond acceptors (Lipinski definition) is 3. The molecule has 0 saturated carbocycles. The van der Waals surface area contributed by atoms with E-state index in [9.17, 15) is 14.0 Å². The molecule has 0 aliphatic carbocycles. The second kappa shape index (κ2) is 9.52. The topological polar surface area (TPSA) is 51.5 Å². The van der Waals surface area contributed by atoms with Gasteiger partial charge in [0.25, 0.3) is 5.56 Å². The Morgan fingerprint density at radius 2 is 1.88 bits per heavy atom. The largest absolute Gasteiger partial charge is 0.454 e. The molecule has 0 spiro atoms. The van der Waals surface area contributed by atoms with Crippen molar-refractivity contribution in [1.82, 2.24) is 4.57 Å². The van der Waals surface area contributed by atoms with Crippen molar-refractivity contribution in [3.63, 3.8) is 0 Å². The fraction of sp³-hybridized carbons (Fsp3) is 0.231. The van der Waals surface area contributed by atoms with Gasteiger partial charge in [-0.3, -0.25) is 9.59 Å². The van der Waals surface area contributed by atoms with Crippen LogP contribution in [0.1, 0.15) is 25.0 Å². The van der Waals surface area contributed by atoms with Gasteiger partial charge in [-0.05, 0) is 68.2 Å². The second-order valence-corrected chi connectivity index (χ2v) is 7.43. The lowest BCUT2D eigenvalue weighted by Gasteiger charge is -2.21. The molecular weight excluding hydrogens is 407 g/mol. The third-order valence-corrected chi connectivity index (χ3v) is 5.22. The monoisotopic (exact) mass is 432 g/mol. The number of carbonyl (C=O) groups excluding carboxylic acids is 1. The number of ether oxygens (including phenoxy) is 1. The molecular formula is C26H25FN2O3. The predicted octanol–water partition coefficient (Wildman–Crippen LogP) is 4.84. The SMILES string of the molecule is C#CC(=O)N(CC)c1ccc(Oc2ccc(C)cc2F)c(-c2cc(CC)c(=O)n(C)c2)c1. The van der Waals surface area contributed by atoms with E-state index in [1.807, 2.05) is 13.8 Å². The number of carbonyl (C=O) groups is 1. The van der Waals surface area contributed by atoms with Crippen molar-refractivity contribution in [2.45, 2.75) is 27.2 Å². The number of amides is 1. The first kappa shape index (κ1) is 22.8. The summed E-state index contributed by atoms with van der Waals surface area (Å²) in [5.41, 5.74) is 3.22. The number of halogens is 1. The molecule has 0 aliphatic heterocycles. The molecule has 164 valence electrons. The van der Waals surface area contributed by atoms with Gasteiger partial charge in [0.15, 0.2) is 11.6 Å².